The van der Waals surface area contributed by atoms with Gasteiger partial charge in [-0.15, -0.1) is 0 Å². The Labute approximate surface area is 211 Å². The van der Waals surface area contributed by atoms with E-state index in [1.54, 1.807) is 13.2 Å². The summed E-state index contributed by atoms with van der Waals surface area (Å²) in [6, 6.07) is 9.27. The first kappa shape index (κ1) is 23.6. The molecule has 1 heterocycles. The highest BCUT2D eigenvalue weighted by atomic mass is 35.5. The van der Waals surface area contributed by atoms with E-state index in [9.17, 15) is 4.79 Å². The SMILES string of the molecule is COc1cccc(CCC(=O)NC2CC3(CCC3)Oc3c(Cl)cc(Cl)cc32)c1OC1CCCC1. The lowest BCUT2D eigenvalue weighted by molar-refractivity contribution is -0.123. The van der Waals surface area contributed by atoms with Crippen molar-refractivity contribution in [2.45, 2.75) is 82.0 Å². The van der Waals surface area contributed by atoms with E-state index in [4.69, 9.17) is 37.4 Å². The summed E-state index contributed by atoms with van der Waals surface area (Å²) >= 11 is 12.7. The second-order valence-corrected chi connectivity index (χ2v) is 10.6. The smallest absolute Gasteiger partial charge is 0.220 e. The Morgan fingerprint density at radius 1 is 1.18 bits per heavy atom. The van der Waals surface area contributed by atoms with Gasteiger partial charge in [0.15, 0.2) is 11.5 Å². The third-order valence-corrected chi connectivity index (χ3v) is 7.89. The number of aryl methyl sites for hydroxylation is 1. The van der Waals surface area contributed by atoms with Gasteiger partial charge >= 0.3 is 0 Å². The molecule has 1 aliphatic heterocycles. The summed E-state index contributed by atoms with van der Waals surface area (Å²) < 4.78 is 18.2. The van der Waals surface area contributed by atoms with Crippen molar-refractivity contribution in [3.05, 3.63) is 51.5 Å². The molecule has 1 unspecified atom stereocenters. The molecule has 34 heavy (non-hydrogen) atoms. The van der Waals surface area contributed by atoms with E-state index in [2.05, 4.69) is 5.32 Å². The number of carbonyl (C=O) groups is 1. The van der Waals surface area contributed by atoms with Crippen LogP contribution in [0.4, 0.5) is 0 Å². The summed E-state index contributed by atoms with van der Waals surface area (Å²) in [5, 5.41) is 4.28. The van der Waals surface area contributed by atoms with Crippen molar-refractivity contribution in [1.82, 2.24) is 5.32 Å². The van der Waals surface area contributed by atoms with E-state index >= 15 is 0 Å². The number of ether oxygens (including phenoxy) is 3. The largest absolute Gasteiger partial charge is 0.493 e. The summed E-state index contributed by atoms with van der Waals surface area (Å²) in [7, 11) is 1.66. The van der Waals surface area contributed by atoms with Crippen molar-refractivity contribution in [2.75, 3.05) is 7.11 Å². The highest BCUT2D eigenvalue weighted by Gasteiger charge is 2.46. The number of benzene rings is 2. The van der Waals surface area contributed by atoms with Gasteiger partial charge in [0.1, 0.15) is 11.4 Å². The van der Waals surface area contributed by atoms with Crippen LogP contribution in [0.15, 0.2) is 30.3 Å². The van der Waals surface area contributed by atoms with Gasteiger partial charge in [0, 0.05) is 23.4 Å². The number of halogens is 2. The van der Waals surface area contributed by atoms with Crippen molar-refractivity contribution < 1.29 is 19.0 Å². The predicted molar refractivity (Wildman–Crippen MR) is 133 cm³/mol. The van der Waals surface area contributed by atoms with Crippen LogP contribution in [0, 0.1) is 0 Å². The van der Waals surface area contributed by atoms with Gasteiger partial charge < -0.3 is 19.5 Å². The highest BCUT2D eigenvalue weighted by molar-refractivity contribution is 6.35. The number of fused-ring (bicyclic) bond motifs is 1. The molecule has 2 aromatic carbocycles. The topological polar surface area (TPSA) is 56.8 Å². The average Bonchev–Trinajstić information content (AvgIpc) is 3.31. The van der Waals surface area contributed by atoms with Gasteiger partial charge in [0.25, 0.3) is 0 Å². The first-order chi connectivity index (χ1) is 16.5. The Bertz CT molecular complexity index is 1060. The number of carbonyl (C=O) groups excluding carboxylic acids is 1. The molecule has 182 valence electrons. The average molecular weight is 504 g/mol. The Morgan fingerprint density at radius 2 is 1.97 bits per heavy atom. The van der Waals surface area contributed by atoms with Gasteiger partial charge in [0.2, 0.25) is 5.91 Å². The van der Waals surface area contributed by atoms with Crippen LogP contribution in [0.3, 0.4) is 0 Å². The Kier molecular flexibility index (Phi) is 6.85. The lowest BCUT2D eigenvalue weighted by Crippen LogP contribution is -2.49. The van der Waals surface area contributed by atoms with Gasteiger partial charge in [-0.25, -0.2) is 0 Å². The molecule has 2 aliphatic carbocycles. The standard InChI is InChI=1S/C27H31Cl2NO4/c1-32-23-9-4-6-17(25(23)33-19-7-2-3-8-19)10-11-24(31)30-22-16-27(12-5-13-27)34-26-20(22)14-18(28)15-21(26)29/h4,6,9,14-15,19,22H,2-3,5,7-8,10-13,16H2,1H3,(H,30,31). The van der Waals surface area contributed by atoms with Crippen molar-refractivity contribution in [1.29, 1.82) is 0 Å². The second kappa shape index (κ2) is 9.87. The molecule has 2 aromatic rings. The molecule has 7 heteroatoms. The van der Waals surface area contributed by atoms with Gasteiger partial charge in [-0.1, -0.05) is 35.3 Å². The molecule has 0 bridgehead atoms. The third kappa shape index (κ3) is 4.83. The van der Waals surface area contributed by atoms with E-state index < -0.39 is 0 Å². The Hall–Kier alpha value is -2.11. The lowest BCUT2D eigenvalue weighted by Gasteiger charge is -2.48. The van der Waals surface area contributed by atoms with Crippen molar-refractivity contribution >= 4 is 29.1 Å². The number of amides is 1. The van der Waals surface area contributed by atoms with Crippen LogP contribution in [0.1, 0.15) is 75.0 Å². The molecule has 0 saturated heterocycles. The molecular weight excluding hydrogens is 473 g/mol. The maximum absolute atomic E-state index is 13.1. The summed E-state index contributed by atoms with van der Waals surface area (Å²) in [6.45, 7) is 0. The van der Waals surface area contributed by atoms with Crippen LogP contribution in [0.2, 0.25) is 10.0 Å². The fraction of sp³-hybridized carbons (Fsp3) is 0.519. The molecule has 0 radical (unpaired) electrons. The normalized spacial score (nSPS) is 20.9. The molecular formula is C27H31Cl2NO4. The molecule has 1 spiro atoms. The first-order valence-corrected chi connectivity index (χ1v) is 13.0. The zero-order valence-electron chi connectivity index (χ0n) is 19.5. The van der Waals surface area contributed by atoms with E-state index in [1.807, 2.05) is 24.3 Å². The minimum absolute atomic E-state index is 0.0157. The summed E-state index contributed by atoms with van der Waals surface area (Å²) in [5.74, 6) is 2.13. The van der Waals surface area contributed by atoms with Gasteiger partial charge in [-0.05, 0) is 75.1 Å². The highest BCUT2D eigenvalue weighted by Crippen LogP contribution is 2.51. The predicted octanol–water partition coefficient (Wildman–Crippen LogP) is 6.82. The number of para-hydroxylation sites is 1. The number of nitrogens with one attached hydrogen (secondary N) is 1. The lowest BCUT2D eigenvalue weighted by atomic mass is 9.73. The van der Waals surface area contributed by atoms with Crippen molar-refractivity contribution in [3.8, 4) is 17.2 Å². The summed E-state index contributed by atoms with van der Waals surface area (Å²) in [4.78, 5) is 13.1. The van der Waals surface area contributed by atoms with Crippen LogP contribution in [-0.4, -0.2) is 24.7 Å². The van der Waals surface area contributed by atoms with Gasteiger partial charge in [0.05, 0.1) is 24.3 Å². The Morgan fingerprint density at radius 3 is 2.68 bits per heavy atom. The molecule has 1 atom stereocenters. The number of hydrogen-bond acceptors (Lipinski definition) is 4. The molecule has 3 aliphatic rings. The first-order valence-electron chi connectivity index (χ1n) is 12.3. The van der Waals surface area contributed by atoms with Crippen LogP contribution in [-0.2, 0) is 11.2 Å². The minimum atomic E-state index is -0.239. The van der Waals surface area contributed by atoms with E-state index in [0.717, 1.165) is 61.2 Å². The number of hydrogen-bond donors (Lipinski definition) is 1. The fourth-order valence-electron chi connectivity index (χ4n) is 5.43. The number of methoxy groups -OCH3 is 1. The molecule has 1 N–H and O–H groups in total. The zero-order valence-corrected chi connectivity index (χ0v) is 21.0. The molecule has 5 rings (SSSR count). The quantitative estimate of drug-likeness (QED) is 0.450. The molecule has 2 fully saturated rings. The molecule has 5 nitrogen and oxygen atoms in total. The maximum atomic E-state index is 13.1. The van der Waals surface area contributed by atoms with E-state index in [0.29, 0.717) is 28.6 Å². The fourth-order valence-corrected chi connectivity index (χ4v) is 5.98. The van der Waals surface area contributed by atoms with Crippen molar-refractivity contribution in [3.63, 3.8) is 0 Å². The molecule has 1 amide bonds. The molecule has 0 aromatic heterocycles. The Balaban J connectivity index is 1.30. The zero-order chi connectivity index (χ0) is 23.7. The van der Waals surface area contributed by atoms with E-state index in [-0.39, 0.29) is 23.7 Å². The van der Waals surface area contributed by atoms with Crippen LogP contribution in [0.5, 0.6) is 17.2 Å². The van der Waals surface area contributed by atoms with Crippen molar-refractivity contribution in [2.24, 2.45) is 0 Å². The number of rotatable bonds is 7. The van der Waals surface area contributed by atoms with Crippen LogP contribution >= 0.6 is 23.2 Å². The third-order valence-electron chi connectivity index (χ3n) is 7.40. The summed E-state index contributed by atoms with van der Waals surface area (Å²) in [6.07, 6.45) is 9.47. The van der Waals surface area contributed by atoms with Gasteiger partial charge in [-0.2, -0.15) is 0 Å². The molecule has 2 saturated carbocycles. The van der Waals surface area contributed by atoms with Crippen LogP contribution < -0.4 is 19.5 Å². The maximum Gasteiger partial charge on any atom is 0.220 e. The monoisotopic (exact) mass is 503 g/mol. The van der Waals surface area contributed by atoms with Crippen LogP contribution in [0.25, 0.3) is 0 Å². The second-order valence-electron chi connectivity index (χ2n) is 9.74. The van der Waals surface area contributed by atoms with E-state index in [1.165, 1.54) is 12.8 Å². The summed E-state index contributed by atoms with van der Waals surface area (Å²) in [5.41, 5.74) is 1.61. The van der Waals surface area contributed by atoms with Gasteiger partial charge in [-0.3, -0.25) is 4.79 Å². The minimum Gasteiger partial charge on any atom is -0.493 e.